The summed E-state index contributed by atoms with van der Waals surface area (Å²) in [6, 6.07) is 25.1. The number of fused-ring (bicyclic) bond motifs is 5. The van der Waals surface area contributed by atoms with Crippen LogP contribution >= 0.6 is 34.3 Å². The summed E-state index contributed by atoms with van der Waals surface area (Å²) in [6.45, 7) is 18.7. The Morgan fingerprint density at radius 1 is 0.851 bits per heavy atom. The van der Waals surface area contributed by atoms with Gasteiger partial charge in [0.2, 0.25) is 11.8 Å². The first kappa shape index (κ1) is 44.3. The van der Waals surface area contributed by atoms with Crippen molar-refractivity contribution < 1.29 is 9.59 Å². The molecule has 2 saturated heterocycles. The van der Waals surface area contributed by atoms with Crippen LogP contribution in [0.3, 0.4) is 0 Å². The van der Waals surface area contributed by atoms with Crippen LogP contribution in [0.2, 0.25) is 5.02 Å². The Balaban J connectivity index is 0.693. The molecule has 67 heavy (non-hydrogen) atoms. The fourth-order valence-corrected chi connectivity index (χ4v) is 13.3. The Bertz CT molecular complexity index is 3170. The minimum Gasteiger partial charge on any atom is -0.341 e. The van der Waals surface area contributed by atoms with E-state index in [9.17, 15) is 9.59 Å². The Labute approximate surface area is 405 Å². The van der Waals surface area contributed by atoms with Crippen molar-refractivity contribution in [3.63, 3.8) is 0 Å². The monoisotopic (exact) mass is 948 g/mol. The number of thiophene rings is 2. The number of aryl methyl sites for hydroxylation is 4. The predicted octanol–water partition coefficient (Wildman–Crippen LogP) is 11.1. The summed E-state index contributed by atoms with van der Waals surface area (Å²) in [5.41, 5.74) is 13.3. The second kappa shape index (κ2) is 18.0. The number of rotatable bonds is 15. The van der Waals surface area contributed by atoms with Gasteiger partial charge < -0.3 is 9.88 Å². The first-order valence-electron chi connectivity index (χ1n) is 23.8. The van der Waals surface area contributed by atoms with E-state index in [2.05, 4.69) is 131 Å². The van der Waals surface area contributed by atoms with E-state index in [0.29, 0.717) is 30.1 Å². The van der Waals surface area contributed by atoms with Crippen molar-refractivity contribution in [2.45, 2.75) is 98.8 Å². The molecule has 3 aliphatic rings. The van der Waals surface area contributed by atoms with E-state index < -0.39 is 0 Å². The first-order valence-corrected chi connectivity index (χ1v) is 25.9. The van der Waals surface area contributed by atoms with Crippen molar-refractivity contribution in [2.75, 3.05) is 19.6 Å². The average molecular weight is 950 g/mol. The van der Waals surface area contributed by atoms with Gasteiger partial charge in [-0.15, -0.1) is 22.7 Å². The van der Waals surface area contributed by atoms with Gasteiger partial charge in [0.15, 0.2) is 0 Å². The Morgan fingerprint density at radius 2 is 1.67 bits per heavy atom. The normalized spacial score (nSPS) is 20.1. The van der Waals surface area contributed by atoms with Gasteiger partial charge in [-0.2, -0.15) is 5.10 Å². The Kier molecular flexibility index (Phi) is 11.9. The van der Waals surface area contributed by atoms with E-state index in [1.165, 1.54) is 59.4 Å². The van der Waals surface area contributed by atoms with Crippen LogP contribution in [-0.2, 0) is 48.9 Å². The molecule has 2 amide bonds. The summed E-state index contributed by atoms with van der Waals surface area (Å²) in [6.07, 6.45) is 7.84. The number of aromatic nitrogens is 4. The largest absolute Gasteiger partial charge is 0.341 e. The molecule has 0 radical (unpaired) electrons. The fraction of sp³-hybridized carbons (Fsp3) is 0.370. The molecule has 344 valence electrons. The van der Waals surface area contributed by atoms with Crippen LogP contribution in [0.5, 0.6) is 0 Å². The number of imide groups is 1. The summed E-state index contributed by atoms with van der Waals surface area (Å²) in [4.78, 5) is 39.2. The van der Waals surface area contributed by atoms with E-state index in [4.69, 9.17) is 21.7 Å². The molecule has 10 nitrogen and oxygen atoms in total. The van der Waals surface area contributed by atoms with Crippen LogP contribution in [0.4, 0.5) is 0 Å². The molecule has 1 N–H and O–H groups in total. The van der Waals surface area contributed by atoms with E-state index in [-0.39, 0.29) is 23.7 Å². The first-order chi connectivity index (χ1) is 32.5. The maximum atomic E-state index is 12.8. The third kappa shape index (κ3) is 8.55. The van der Waals surface area contributed by atoms with Gasteiger partial charge in [0.05, 0.1) is 34.8 Å². The van der Waals surface area contributed by atoms with Crippen LogP contribution in [-0.4, -0.2) is 77.6 Å². The molecule has 5 aromatic heterocycles. The van der Waals surface area contributed by atoms with Gasteiger partial charge in [0.1, 0.15) is 0 Å². The van der Waals surface area contributed by atoms with Crippen LogP contribution in [0, 0.1) is 25.7 Å². The van der Waals surface area contributed by atoms with Crippen molar-refractivity contribution >= 4 is 78.1 Å². The highest BCUT2D eigenvalue weighted by molar-refractivity contribution is 7.19. The number of piperidine rings is 1. The molecule has 1 saturated carbocycles. The Hall–Kier alpha value is -5.21. The molecule has 3 fully saturated rings. The van der Waals surface area contributed by atoms with Crippen LogP contribution in [0.25, 0.3) is 53.6 Å². The number of carbonyl (C=O) groups is 2. The van der Waals surface area contributed by atoms with Gasteiger partial charge in [0.25, 0.3) is 0 Å². The average Bonchev–Trinajstić information content (AvgIpc) is 3.66. The van der Waals surface area contributed by atoms with E-state index in [0.717, 1.165) is 90.6 Å². The minimum absolute atomic E-state index is 0.0248. The van der Waals surface area contributed by atoms with Crippen LogP contribution in [0.1, 0.15) is 66.3 Å². The predicted molar refractivity (Wildman–Crippen MR) is 273 cm³/mol. The van der Waals surface area contributed by atoms with Crippen molar-refractivity contribution in [2.24, 2.45) is 11.8 Å². The van der Waals surface area contributed by atoms with Gasteiger partial charge in [-0.05, 0) is 141 Å². The number of halogens is 1. The zero-order chi connectivity index (χ0) is 46.1. The lowest BCUT2D eigenvalue weighted by Crippen LogP contribution is -2.55. The number of carbonyl (C=O) groups excluding carboxylic acids is 2. The number of nitrogens with one attached hydrogen (secondary N) is 1. The van der Waals surface area contributed by atoms with Gasteiger partial charge in [0, 0.05) is 118 Å². The summed E-state index contributed by atoms with van der Waals surface area (Å²) in [5.74, 6) is -0.246. The van der Waals surface area contributed by atoms with E-state index in [1.807, 2.05) is 29.8 Å². The summed E-state index contributed by atoms with van der Waals surface area (Å²) in [5, 5.41) is 14.0. The molecule has 3 aromatic carbocycles. The zero-order valence-electron chi connectivity index (χ0n) is 38.9. The quantitative estimate of drug-likeness (QED) is 0.0808. The summed E-state index contributed by atoms with van der Waals surface area (Å²) in [7, 11) is 0. The second-order valence-electron chi connectivity index (χ2n) is 19.3. The van der Waals surface area contributed by atoms with Gasteiger partial charge in [-0.1, -0.05) is 29.8 Å². The lowest BCUT2D eigenvalue weighted by molar-refractivity contribution is -0.141. The molecule has 4 atom stereocenters. The molecule has 0 bridgehead atoms. The lowest BCUT2D eigenvalue weighted by Gasteiger charge is -2.45. The van der Waals surface area contributed by atoms with Gasteiger partial charge in [-0.3, -0.25) is 34.0 Å². The number of benzene rings is 3. The highest BCUT2D eigenvalue weighted by atomic mass is 35.5. The van der Waals surface area contributed by atoms with E-state index >= 15 is 0 Å². The number of hydrogen-bond donors (Lipinski definition) is 1. The highest BCUT2D eigenvalue weighted by Gasteiger charge is 2.58. The number of hydrogen-bond acceptors (Lipinski definition) is 9. The summed E-state index contributed by atoms with van der Waals surface area (Å²) >= 11 is 10.2. The third-order valence-corrected chi connectivity index (χ3v) is 16.9. The van der Waals surface area contributed by atoms with E-state index in [1.54, 1.807) is 11.3 Å². The maximum Gasteiger partial charge on any atom is 0.233 e. The minimum atomic E-state index is -0.0979. The lowest BCUT2D eigenvalue weighted by atomic mass is 9.94. The molecule has 0 spiro atoms. The fourth-order valence-electron chi connectivity index (χ4n) is 11.0. The molecule has 1 aliphatic carbocycles. The second-order valence-corrected chi connectivity index (χ2v) is 21.8. The zero-order valence-corrected chi connectivity index (χ0v) is 41.3. The smallest absolute Gasteiger partial charge is 0.233 e. The number of pyridine rings is 1. The van der Waals surface area contributed by atoms with Crippen molar-refractivity contribution in [1.82, 2.24) is 39.3 Å². The molecule has 2 aliphatic heterocycles. The van der Waals surface area contributed by atoms with Gasteiger partial charge in [-0.25, -0.2) is 0 Å². The molecule has 13 heteroatoms. The molecule has 7 heterocycles. The third-order valence-electron chi connectivity index (χ3n) is 14.4. The molecule has 2 unspecified atom stereocenters. The number of likely N-dealkylation sites (tertiary alicyclic amines) is 1. The standard InChI is InChI=1S/C54H57ClN8O2S2/c1-6-61-49-11-8-36(18-44(49)41-10-9-38(19-50(41)61)51-16-32(2)31-66-51)23-56-13-7-15-60-28-37(24-58-60)27-59-25-34(4)62(35(5)26-59)30-47-33(3)17-39(55)20-43(47)42-12-14-57-48-21-40(67-52(42)48)29-63-53(64)45-22-46(45)54(63)65/h8-12,14,16-21,24,28,31,34-35,45-46,56H,6-7,13,15,22-23,25-27,29-30H2,1-5H3/t34-,35-,45?,46?/m0/s1. The molecular weight excluding hydrogens is 892 g/mol. The number of piperazine rings is 1. The number of amides is 2. The van der Waals surface area contributed by atoms with Crippen LogP contribution in [0.15, 0.2) is 90.7 Å². The molecule has 8 aromatic rings. The number of nitrogens with zero attached hydrogens (tertiary/aromatic N) is 7. The van der Waals surface area contributed by atoms with Crippen molar-refractivity contribution in [1.29, 1.82) is 0 Å². The SMILES string of the molecule is CCn1c2ccc(CNCCCn3cc(CN4C[C@H](C)N(Cc5c(C)cc(Cl)cc5-c5ccnc6cc(CN7C(=O)C8CC8C7=O)sc56)[C@@H](C)C4)cn3)cc2c2ccc(-c3cc(C)cs3)cc21. The summed E-state index contributed by atoms with van der Waals surface area (Å²) < 4.78 is 5.60. The highest BCUT2D eigenvalue weighted by Crippen LogP contribution is 2.48. The Morgan fingerprint density at radius 3 is 2.45 bits per heavy atom. The van der Waals surface area contributed by atoms with Crippen molar-refractivity contribution in [3.8, 4) is 21.6 Å². The molecular formula is C54H57ClN8O2S2. The maximum absolute atomic E-state index is 12.8. The van der Waals surface area contributed by atoms with Crippen LogP contribution < -0.4 is 5.32 Å². The topological polar surface area (TPSA) is 91.5 Å². The van der Waals surface area contributed by atoms with Gasteiger partial charge >= 0.3 is 0 Å². The van der Waals surface area contributed by atoms with Crippen molar-refractivity contribution in [3.05, 3.63) is 128 Å². The molecule has 11 rings (SSSR count).